The quantitative estimate of drug-likeness (QED) is 0.269. The van der Waals surface area contributed by atoms with Crippen molar-refractivity contribution in [3.63, 3.8) is 0 Å². The molecule has 0 spiro atoms. The molecule has 0 unspecified atom stereocenters. The molecule has 0 aromatic heterocycles. The molecule has 0 heterocycles. The molecule has 5 rings (SSSR count). The van der Waals surface area contributed by atoms with E-state index in [4.69, 9.17) is 0 Å². The van der Waals surface area contributed by atoms with Crippen molar-refractivity contribution >= 4 is 27.1 Å². The van der Waals surface area contributed by atoms with Crippen LogP contribution in [0.5, 0.6) is 0 Å². The molecular formula is C32H25Br. The maximum absolute atomic E-state index is 4.62. The molecule has 33 heavy (non-hydrogen) atoms. The normalized spacial score (nSPS) is 16.1. The average molecular weight is 489 g/mol. The summed E-state index contributed by atoms with van der Waals surface area (Å²) in [6.45, 7) is 6.73. The molecule has 0 fully saturated rings. The second-order valence-corrected chi connectivity index (χ2v) is 9.23. The first-order valence-electron chi connectivity index (χ1n) is 11.2. The van der Waals surface area contributed by atoms with Crippen LogP contribution in [0.25, 0.3) is 11.1 Å². The minimum Gasteiger partial charge on any atom is -0.0908 e. The fourth-order valence-corrected chi connectivity index (χ4v) is 5.45. The van der Waals surface area contributed by atoms with E-state index in [1.54, 1.807) is 0 Å². The van der Waals surface area contributed by atoms with Gasteiger partial charge in [0.05, 0.1) is 5.41 Å². The van der Waals surface area contributed by atoms with Crippen molar-refractivity contribution in [2.24, 2.45) is 0 Å². The van der Waals surface area contributed by atoms with Crippen molar-refractivity contribution in [2.75, 3.05) is 0 Å². The summed E-state index contributed by atoms with van der Waals surface area (Å²) in [7, 11) is 0. The Hall–Kier alpha value is -3.42. The molecule has 0 radical (unpaired) electrons. The molecule has 4 aromatic carbocycles. The van der Waals surface area contributed by atoms with Crippen molar-refractivity contribution < 1.29 is 0 Å². The van der Waals surface area contributed by atoms with E-state index in [-0.39, 0.29) is 0 Å². The Morgan fingerprint density at radius 3 is 1.85 bits per heavy atom. The lowest BCUT2D eigenvalue weighted by molar-refractivity contribution is 0.769. The van der Waals surface area contributed by atoms with Gasteiger partial charge in [-0.25, -0.2) is 0 Å². The number of allylic oxidation sites excluding steroid dienone is 5. The first-order chi connectivity index (χ1) is 16.2. The monoisotopic (exact) mass is 488 g/mol. The number of hydrogen-bond acceptors (Lipinski definition) is 0. The van der Waals surface area contributed by atoms with Crippen LogP contribution in [0.2, 0.25) is 0 Å². The largest absolute Gasteiger partial charge is 0.0908 e. The summed E-state index contributed by atoms with van der Waals surface area (Å²) < 4.78 is 1.07. The van der Waals surface area contributed by atoms with Crippen molar-refractivity contribution in [3.05, 3.63) is 166 Å². The van der Waals surface area contributed by atoms with E-state index in [1.807, 2.05) is 0 Å². The molecule has 0 N–H and O–H groups in total. The molecule has 160 valence electrons. The van der Waals surface area contributed by atoms with Gasteiger partial charge in [-0.3, -0.25) is 0 Å². The summed E-state index contributed by atoms with van der Waals surface area (Å²) in [6.07, 6.45) is 4.53. The third kappa shape index (κ3) is 3.53. The Morgan fingerprint density at radius 1 is 0.758 bits per heavy atom. The third-order valence-corrected chi connectivity index (χ3v) is 7.06. The van der Waals surface area contributed by atoms with E-state index in [9.17, 15) is 0 Å². The van der Waals surface area contributed by atoms with Gasteiger partial charge in [0.25, 0.3) is 0 Å². The highest BCUT2D eigenvalue weighted by atomic mass is 79.9. The minimum atomic E-state index is -0.457. The molecule has 0 nitrogen and oxygen atoms in total. The van der Waals surface area contributed by atoms with E-state index < -0.39 is 5.41 Å². The SMILES string of the molecule is C=C1/C(=C\C(=C/C)c2ccccc2)C(c2ccccc2)(c2ccccc2)c2cc(Br)ccc21. The third-order valence-electron chi connectivity index (χ3n) is 6.57. The molecule has 1 aliphatic carbocycles. The highest BCUT2D eigenvalue weighted by molar-refractivity contribution is 9.10. The van der Waals surface area contributed by atoms with Gasteiger partial charge in [0.2, 0.25) is 0 Å². The molecular weight excluding hydrogens is 464 g/mol. The Labute approximate surface area is 204 Å². The van der Waals surface area contributed by atoms with Crippen LogP contribution in [-0.2, 0) is 5.41 Å². The fourth-order valence-electron chi connectivity index (χ4n) is 5.09. The van der Waals surface area contributed by atoms with Crippen LogP contribution in [-0.4, -0.2) is 0 Å². The highest BCUT2D eigenvalue weighted by Crippen LogP contribution is 2.57. The second-order valence-electron chi connectivity index (χ2n) is 8.32. The standard InChI is InChI=1S/C32H25Br/c1-3-24(25-13-7-4-8-14-25)21-30-23(2)29-20-19-28(33)22-31(29)32(30,26-15-9-5-10-16-26)27-17-11-6-12-18-27/h3-22H,2H2,1H3/b24-3+,30-21+. The predicted molar refractivity (Wildman–Crippen MR) is 144 cm³/mol. The first-order valence-corrected chi connectivity index (χ1v) is 12.0. The Bertz CT molecular complexity index is 1320. The predicted octanol–water partition coefficient (Wildman–Crippen LogP) is 8.84. The van der Waals surface area contributed by atoms with Gasteiger partial charge in [-0.05, 0) is 69.7 Å². The van der Waals surface area contributed by atoms with Crippen LogP contribution >= 0.6 is 15.9 Å². The number of hydrogen-bond donors (Lipinski definition) is 0. The number of rotatable bonds is 4. The molecule has 0 bridgehead atoms. The summed E-state index contributed by atoms with van der Waals surface area (Å²) in [5.74, 6) is 0. The lowest BCUT2D eigenvalue weighted by atomic mass is 9.67. The van der Waals surface area contributed by atoms with Crippen molar-refractivity contribution in [3.8, 4) is 0 Å². The van der Waals surface area contributed by atoms with Gasteiger partial charge in [0.15, 0.2) is 0 Å². The van der Waals surface area contributed by atoms with Crippen LogP contribution in [0.15, 0.2) is 138 Å². The molecule has 1 aliphatic rings. The Morgan fingerprint density at radius 2 is 1.30 bits per heavy atom. The van der Waals surface area contributed by atoms with Gasteiger partial charge in [0, 0.05) is 4.47 Å². The maximum atomic E-state index is 4.62. The topological polar surface area (TPSA) is 0 Å². The Kier molecular flexibility index (Phi) is 5.74. The fraction of sp³-hybridized carbons (Fsp3) is 0.0625. The van der Waals surface area contributed by atoms with Crippen LogP contribution in [0.3, 0.4) is 0 Å². The first kappa shape index (κ1) is 21.4. The molecule has 0 saturated carbocycles. The van der Waals surface area contributed by atoms with E-state index in [0.29, 0.717) is 0 Å². The lowest BCUT2D eigenvalue weighted by Crippen LogP contribution is -2.28. The summed E-state index contributed by atoms with van der Waals surface area (Å²) in [5, 5.41) is 0. The zero-order valence-electron chi connectivity index (χ0n) is 18.6. The average Bonchev–Trinajstić information content (AvgIpc) is 3.11. The van der Waals surface area contributed by atoms with Crippen molar-refractivity contribution in [1.29, 1.82) is 0 Å². The smallest absolute Gasteiger partial charge is 0.0713 e. The van der Waals surface area contributed by atoms with Gasteiger partial charge < -0.3 is 0 Å². The van der Waals surface area contributed by atoms with Gasteiger partial charge in [0.1, 0.15) is 0 Å². The van der Waals surface area contributed by atoms with Crippen molar-refractivity contribution in [1.82, 2.24) is 0 Å². The van der Waals surface area contributed by atoms with Crippen LogP contribution in [0.1, 0.15) is 34.7 Å². The Balaban J connectivity index is 1.89. The number of benzene rings is 4. The summed E-state index contributed by atoms with van der Waals surface area (Å²) in [6, 6.07) is 38.8. The van der Waals surface area contributed by atoms with E-state index in [0.717, 1.165) is 10.0 Å². The molecule has 1 heteroatoms. The van der Waals surface area contributed by atoms with Gasteiger partial charge >= 0.3 is 0 Å². The second kappa shape index (κ2) is 8.84. The lowest BCUT2D eigenvalue weighted by Gasteiger charge is -2.34. The molecule has 0 amide bonds. The molecule has 0 saturated heterocycles. The van der Waals surface area contributed by atoms with E-state index in [1.165, 1.54) is 39.0 Å². The molecule has 4 aromatic rings. The van der Waals surface area contributed by atoms with Crippen LogP contribution < -0.4 is 0 Å². The summed E-state index contributed by atoms with van der Waals surface area (Å²) in [4.78, 5) is 0. The minimum absolute atomic E-state index is 0.457. The van der Waals surface area contributed by atoms with Gasteiger partial charge in [-0.2, -0.15) is 0 Å². The van der Waals surface area contributed by atoms with E-state index >= 15 is 0 Å². The molecule has 0 atom stereocenters. The molecule has 0 aliphatic heterocycles. The zero-order valence-corrected chi connectivity index (χ0v) is 20.2. The van der Waals surface area contributed by atoms with Gasteiger partial charge in [-0.15, -0.1) is 0 Å². The summed E-state index contributed by atoms with van der Waals surface area (Å²) >= 11 is 3.74. The number of halogens is 1. The zero-order chi connectivity index (χ0) is 22.8. The maximum Gasteiger partial charge on any atom is 0.0713 e. The van der Waals surface area contributed by atoms with Gasteiger partial charge in [-0.1, -0.05) is 126 Å². The van der Waals surface area contributed by atoms with E-state index in [2.05, 4.69) is 151 Å². The highest BCUT2D eigenvalue weighted by Gasteiger charge is 2.47. The number of fused-ring (bicyclic) bond motifs is 1. The summed E-state index contributed by atoms with van der Waals surface area (Å²) in [5.41, 5.74) is 9.15. The van der Waals surface area contributed by atoms with Crippen LogP contribution in [0, 0.1) is 0 Å². The van der Waals surface area contributed by atoms with Crippen molar-refractivity contribution in [2.45, 2.75) is 12.3 Å². The van der Waals surface area contributed by atoms with Crippen LogP contribution in [0.4, 0.5) is 0 Å².